The van der Waals surface area contributed by atoms with Gasteiger partial charge in [0.2, 0.25) is 5.91 Å². The second-order valence-corrected chi connectivity index (χ2v) is 7.25. The fourth-order valence-corrected chi connectivity index (χ4v) is 4.16. The average Bonchev–Trinajstić information content (AvgIpc) is 2.61. The first kappa shape index (κ1) is 18.3. The van der Waals surface area contributed by atoms with E-state index in [1.54, 1.807) is 0 Å². The molecule has 4 heteroatoms. The molecule has 0 radical (unpaired) electrons. The summed E-state index contributed by atoms with van der Waals surface area (Å²) in [5.41, 5.74) is 0. The number of methoxy groups -OCH3 is 1. The fourth-order valence-electron chi connectivity index (χ4n) is 4.16. The molecule has 132 valence electrons. The Morgan fingerprint density at radius 2 is 1.52 bits per heavy atom. The van der Waals surface area contributed by atoms with E-state index >= 15 is 0 Å². The number of carbonyl (C=O) groups is 2. The predicted octanol–water partition coefficient (Wildman–Crippen LogP) is 4.07. The molecular weight excluding hydrogens is 290 g/mol. The Morgan fingerprint density at radius 3 is 2.13 bits per heavy atom. The van der Waals surface area contributed by atoms with Crippen LogP contribution in [0.4, 0.5) is 0 Å². The molecule has 0 atom stereocenters. The monoisotopic (exact) mass is 323 g/mol. The molecule has 2 aliphatic rings. The van der Waals surface area contributed by atoms with Crippen molar-refractivity contribution in [3.63, 3.8) is 0 Å². The van der Waals surface area contributed by atoms with Crippen molar-refractivity contribution in [2.24, 2.45) is 5.92 Å². The van der Waals surface area contributed by atoms with Gasteiger partial charge in [-0.3, -0.25) is 9.59 Å². The number of ether oxygens (including phenoxy) is 1. The molecular formula is C19H33NO3. The summed E-state index contributed by atoms with van der Waals surface area (Å²) >= 11 is 0. The van der Waals surface area contributed by atoms with E-state index in [4.69, 9.17) is 4.74 Å². The number of rotatable bonds is 7. The molecule has 1 amide bonds. The molecule has 0 saturated heterocycles. The number of carbonyl (C=O) groups excluding carboxylic acids is 2. The van der Waals surface area contributed by atoms with Gasteiger partial charge in [-0.05, 0) is 25.2 Å². The van der Waals surface area contributed by atoms with Crippen molar-refractivity contribution in [2.45, 2.75) is 89.5 Å². The molecule has 2 fully saturated rings. The molecule has 0 heterocycles. The maximum Gasteiger partial charge on any atom is 0.307 e. The maximum absolute atomic E-state index is 12.8. The van der Waals surface area contributed by atoms with Crippen LogP contribution < -0.4 is 0 Å². The van der Waals surface area contributed by atoms with Crippen molar-refractivity contribution >= 4 is 11.9 Å². The molecule has 0 N–H and O–H groups in total. The van der Waals surface area contributed by atoms with Crippen LogP contribution in [-0.2, 0) is 14.3 Å². The lowest BCUT2D eigenvalue weighted by Gasteiger charge is -2.35. The Bertz CT molecular complexity index is 371. The van der Waals surface area contributed by atoms with E-state index < -0.39 is 0 Å². The van der Waals surface area contributed by atoms with E-state index in [0.29, 0.717) is 25.4 Å². The minimum Gasteiger partial charge on any atom is -0.469 e. The molecule has 0 aromatic rings. The molecule has 2 saturated carbocycles. The van der Waals surface area contributed by atoms with E-state index in [-0.39, 0.29) is 11.9 Å². The van der Waals surface area contributed by atoms with Gasteiger partial charge >= 0.3 is 5.97 Å². The molecule has 0 bridgehead atoms. The first-order valence-electron chi connectivity index (χ1n) is 9.57. The Labute approximate surface area is 140 Å². The van der Waals surface area contributed by atoms with Gasteiger partial charge in [-0.15, -0.1) is 0 Å². The molecule has 2 aliphatic carbocycles. The highest BCUT2D eigenvalue weighted by atomic mass is 16.5. The third-order valence-electron chi connectivity index (χ3n) is 5.61. The van der Waals surface area contributed by atoms with Crippen LogP contribution in [0.1, 0.15) is 83.5 Å². The normalized spacial score (nSPS) is 20.2. The van der Waals surface area contributed by atoms with Gasteiger partial charge in [0.05, 0.1) is 13.5 Å². The summed E-state index contributed by atoms with van der Waals surface area (Å²) < 4.78 is 4.75. The van der Waals surface area contributed by atoms with E-state index in [0.717, 1.165) is 25.2 Å². The summed E-state index contributed by atoms with van der Waals surface area (Å²) in [6.07, 6.45) is 14.5. The van der Waals surface area contributed by atoms with Crippen molar-refractivity contribution < 1.29 is 14.3 Å². The topological polar surface area (TPSA) is 46.6 Å². The van der Waals surface area contributed by atoms with Crippen molar-refractivity contribution in [3.05, 3.63) is 0 Å². The summed E-state index contributed by atoms with van der Waals surface area (Å²) in [5, 5.41) is 0. The molecule has 4 nitrogen and oxygen atoms in total. The third kappa shape index (κ3) is 6.15. The van der Waals surface area contributed by atoms with Crippen LogP contribution in [0, 0.1) is 5.92 Å². The van der Waals surface area contributed by atoms with Crippen LogP contribution >= 0.6 is 0 Å². The van der Waals surface area contributed by atoms with Gasteiger partial charge in [0.1, 0.15) is 0 Å². The van der Waals surface area contributed by atoms with Crippen LogP contribution in [0.25, 0.3) is 0 Å². The van der Waals surface area contributed by atoms with Gasteiger partial charge < -0.3 is 9.64 Å². The smallest absolute Gasteiger partial charge is 0.307 e. The first-order chi connectivity index (χ1) is 11.2. The standard InChI is InChI=1S/C19H33NO3/c1-23-19(22)14-15-20(17-10-6-3-7-11-17)18(21)13-12-16-8-4-2-5-9-16/h16-17H,2-15H2,1H3. The van der Waals surface area contributed by atoms with Crippen LogP contribution in [0.15, 0.2) is 0 Å². The van der Waals surface area contributed by atoms with Gasteiger partial charge in [-0.2, -0.15) is 0 Å². The minimum atomic E-state index is -0.217. The summed E-state index contributed by atoms with van der Waals surface area (Å²) in [4.78, 5) is 26.2. The van der Waals surface area contributed by atoms with Gasteiger partial charge in [0, 0.05) is 19.0 Å². The fraction of sp³-hybridized carbons (Fsp3) is 0.895. The zero-order chi connectivity index (χ0) is 16.5. The van der Waals surface area contributed by atoms with Gasteiger partial charge in [0.15, 0.2) is 0 Å². The van der Waals surface area contributed by atoms with Crippen molar-refractivity contribution in [2.75, 3.05) is 13.7 Å². The summed E-state index contributed by atoms with van der Waals surface area (Å²) in [6, 6.07) is 0.340. The molecule has 2 rings (SSSR count). The third-order valence-corrected chi connectivity index (χ3v) is 5.61. The SMILES string of the molecule is COC(=O)CCN(C(=O)CCC1CCCCC1)C1CCCCC1. The van der Waals surface area contributed by atoms with E-state index in [1.807, 2.05) is 4.90 Å². The van der Waals surface area contributed by atoms with E-state index in [9.17, 15) is 9.59 Å². The Kier molecular flexibility index (Phi) is 7.90. The van der Waals surface area contributed by atoms with Gasteiger partial charge in [0.25, 0.3) is 0 Å². The molecule has 23 heavy (non-hydrogen) atoms. The lowest BCUT2D eigenvalue weighted by molar-refractivity contribution is -0.142. The molecule has 0 aromatic carbocycles. The van der Waals surface area contributed by atoms with Crippen LogP contribution in [0.2, 0.25) is 0 Å². The van der Waals surface area contributed by atoms with Crippen molar-refractivity contribution in [1.29, 1.82) is 0 Å². The first-order valence-corrected chi connectivity index (χ1v) is 9.57. The lowest BCUT2D eigenvalue weighted by atomic mass is 9.86. The average molecular weight is 323 g/mol. The zero-order valence-electron chi connectivity index (χ0n) is 14.7. The summed E-state index contributed by atoms with van der Waals surface area (Å²) in [5.74, 6) is 0.777. The zero-order valence-corrected chi connectivity index (χ0v) is 14.7. The highest BCUT2D eigenvalue weighted by Gasteiger charge is 2.26. The minimum absolute atomic E-state index is 0.217. The number of esters is 1. The van der Waals surface area contributed by atoms with Crippen molar-refractivity contribution in [3.8, 4) is 0 Å². The van der Waals surface area contributed by atoms with E-state index in [2.05, 4.69) is 0 Å². The number of nitrogens with zero attached hydrogens (tertiary/aromatic N) is 1. The van der Waals surface area contributed by atoms with Crippen molar-refractivity contribution in [1.82, 2.24) is 4.90 Å². The molecule has 0 aliphatic heterocycles. The quantitative estimate of drug-likeness (QED) is 0.663. The summed E-state index contributed by atoms with van der Waals surface area (Å²) in [6.45, 7) is 0.529. The number of amides is 1. The second-order valence-electron chi connectivity index (χ2n) is 7.25. The van der Waals surface area contributed by atoms with E-state index in [1.165, 1.54) is 58.5 Å². The van der Waals surface area contributed by atoms with Crippen LogP contribution in [0.5, 0.6) is 0 Å². The van der Waals surface area contributed by atoms with Gasteiger partial charge in [-0.25, -0.2) is 0 Å². The Morgan fingerprint density at radius 1 is 0.913 bits per heavy atom. The van der Waals surface area contributed by atoms with Crippen LogP contribution in [-0.4, -0.2) is 36.5 Å². The number of hydrogen-bond acceptors (Lipinski definition) is 3. The Balaban J connectivity index is 1.85. The number of hydrogen-bond donors (Lipinski definition) is 0. The highest BCUT2D eigenvalue weighted by molar-refractivity contribution is 5.77. The molecule has 0 aromatic heterocycles. The Hall–Kier alpha value is -1.06. The van der Waals surface area contributed by atoms with Gasteiger partial charge in [-0.1, -0.05) is 51.4 Å². The van der Waals surface area contributed by atoms with Crippen LogP contribution in [0.3, 0.4) is 0 Å². The maximum atomic E-state index is 12.8. The second kappa shape index (κ2) is 9.94. The predicted molar refractivity (Wildman–Crippen MR) is 91.0 cm³/mol. The lowest BCUT2D eigenvalue weighted by Crippen LogP contribution is -2.42. The highest BCUT2D eigenvalue weighted by Crippen LogP contribution is 2.29. The summed E-state index contributed by atoms with van der Waals surface area (Å²) in [7, 11) is 1.41. The largest absolute Gasteiger partial charge is 0.469 e. The molecule has 0 spiro atoms. The molecule has 0 unspecified atom stereocenters.